The summed E-state index contributed by atoms with van der Waals surface area (Å²) in [4.78, 5) is 38.6. The highest BCUT2D eigenvalue weighted by atomic mass is 35.5. The lowest BCUT2D eigenvalue weighted by molar-refractivity contribution is -0.144. The van der Waals surface area contributed by atoms with Crippen LogP contribution in [-0.2, 0) is 9.59 Å². The average molecular weight is 380 g/mol. The van der Waals surface area contributed by atoms with Crippen molar-refractivity contribution in [1.82, 2.24) is 15.5 Å². The van der Waals surface area contributed by atoms with Crippen LogP contribution in [0.3, 0.4) is 0 Å². The summed E-state index contributed by atoms with van der Waals surface area (Å²) in [6.07, 6.45) is 1.44. The molecule has 6 nitrogen and oxygen atoms in total. The lowest BCUT2D eigenvalue weighted by atomic mass is 9.94. The Morgan fingerprint density at radius 1 is 1.15 bits per heavy atom. The second-order valence-electron chi connectivity index (χ2n) is 7.09. The van der Waals surface area contributed by atoms with Gasteiger partial charge >= 0.3 is 0 Å². The minimum Gasteiger partial charge on any atom is -0.353 e. The molecule has 0 radical (unpaired) electrons. The van der Waals surface area contributed by atoms with Crippen molar-refractivity contribution in [1.29, 1.82) is 0 Å². The van der Waals surface area contributed by atoms with Gasteiger partial charge < -0.3 is 15.5 Å². The molecule has 0 aromatic heterocycles. The number of rotatable bonds is 7. The zero-order valence-electron chi connectivity index (χ0n) is 15.3. The molecule has 1 aromatic carbocycles. The second-order valence-corrected chi connectivity index (χ2v) is 7.35. The van der Waals surface area contributed by atoms with E-state index in [1.807, 2.05) is 6.07 Å². The Balaban J connectivity index is 1.80. The van der Waals surface area contributed by atoms with Gasteiger partial charge in [-0.1, -0.05) is 18.2 Å². The summed E-state index contributed by atoms with van der Waals surface area (Å²) < 4.78 is 0. The summed E-state index contributed by atoms with van der Waals surface area (Å²) in [5.74, 6) is -0.249. The van der Waals surface area contributed by atoms with Crippen molar-refractivity contribution in [3.8, 4) is 0 Å². The Kier molecular flexibility index (Phi) is 7.03. The van der Waals surface area contributed by atoms with Crippen LogP contribution >= 0.6 is 11.6 Å². The van der Waals surface area contributed by atoms with Crippen molar-refractivity contribution < 1.29 is 14.4 Å². The van der Waals surface area contributed by atoms with Crippen LogP contribution in [0.25, 0.3) is 0 Å². The smallest absolute Gasteiger partial charge is 0.251 e. The molecule has 142 valence electrons. The van der Waals surface area contributed by atoms with E-state index in [1.54, 1.807) is 43.0 Å². The number of nitrogens with one attached hydrogen (secondary N) is 2. The molecule has 0 aliphatic carbocycles. The van der Waals surface area contributed by atoms with E-state index in [-0.39, 0.29) is 23.6 Å². The fraction of sp³-hybridized carbons (Fsp3) is 0.526. The Labute approximate surface area is 159 Å². The van der Waals surface area contributed by atoms with E-state index in [9.17, 15) is 14.4 Å². The SMILES string of the molecule is CC(C)(CCl)C(=O)N1CCC[C@@H]1C(=O)NCCNC(=O)c1ccccc1. The van der Waals surface area contributed by atoms with Gasteiger partial charge in [0.05, 0.1) is 5.41 Å². The highest BCUT2D eigenvalue weighted by molar-refractivity contribution is 6.19. The van der Waals surface area contributed by atoms with Crippen LogP contribution in [0, 0.1) is 5.41 Å². The van der Waals surface area contributed by atoms with Gasteiger partial charge in [0.25, 0.3) is 5.91 Å². The summed E-state index contributed by atoms with van der Waals surface area (Å²) >= 11 is 5.89. The molecule has 0 saturated carbocycles. The first-order valence-corrected chi connectivity index (χ1v) is 9.38. The summed E-state index contributed by atoms with van der Waals surface area (Å²) in [5.41, 5.74) is -0.108. The number of hydrogen-bond acceptors (Lipinski definition) is 3. The molecule has 3 amide bonds. The molecule has 1 fully saturated rings. The highest BCUT2D eigenvalue weighted by Crippen LogP contribution is 2.27. The van der Waals surface area contributed by atoms with E-state index in [1.165, 1.54) is 0 Å². The fourth-order valence-corrected chi connectivity index (χ4v) is 3.01. The minimum absolute atomic E-state index is 0.0949. The van der Waals surface area contributed by atoms with Gasteiger partial charge in [-0.2, -0.15) is 0 Å². The lowest BCUT2D eigenvalue weighted by Gasteiger charge is -2.31. The van der Waals surface area contributed by atoms with Crippen molar-refractivity contribution in [3.63, 3.8) is 0 Å². The molecule has 1 atom stereocenters. The van der Waals surface area contributed by atoms with Crippen LogP contribution in [0.4, 0.5) is 0 Å². The first kappa shape index (κ1) is 20.2. The molecule has 2 rings (SSSR count). The largest absolute Gasteiger partial charge is 0.353 e. The van der Waals surface area contributed by atoms with E-state index in [2.05, 4.69) is 10.6 Å². The number of nitrogens with zero attached hydrogens (tertiary/aromatic N) is 1. The molecule has 1 heterocycles. The van der Waals surface area contributed by atoms with Crippen molar-refractivity contribution in [2.24, 2.45) is 5.41 Å². The number of carbonyl (C=O) groups excluding carboxylic acids is 3. The van der Waals surface area contributed by atoms with Crippen LogP contribution < -0.4 is 10.6 Å². The van der Waals surface area contributed by atoms with E-state index in [0.717, 1.165) is 6.42 Å². The fourth-order valence-electron chi connectivity index (χ4n) is 2.90. The molecule has 26 heavy (non-hydrogen) atoms. The van der Waals surface area contributed by atoms with Crippen LogP contribution in [0.15, 0.2) is 30.3 Å². The predicted molar refractivity (Wildman–Crippen MR) is 101 cm³/mol. The third-order valence-corrected chi connectivity index (χ3v) is 5.14. The van der Waals surface area contributed by atoms with Gasteiger partial charge in [0, 0.05) is 31.1 Å². The molecule has 1 aliphatic rings. The molecule has 0 spiro atoms. The maximum Gasteiger partial charge on any atom is 0.251 e. The van der Waals surface area contributed by atoms with Crippen LogP contribution in [0.5, 0.6) is 0 Å². The Bertz CT molecular complexity index is 649. The summed E-state index contributed by atoms with van der Waals surface area (Å²) in [5, 5.41) is 5.57. The number of halogens is 1. The van der Waals surface area contributed by atoms with Crippen molar-refractivity contribution in [2.75, 3.05) is 25.5 Å². The molecule has 2 N–H and O–H groups in total. The van der Waals surface area contributed by atoms with Crippen molar-refractivity contribution in [2.45, 2.75) is 32.7 Å². The van der Waals surface area contributed by atoms with Gasteiger partial charge in [-0.05, 0) is 38.8 Å². The monoisotopic (exact) mass is 379 g/mol. The molecule has 1 aliphatic heterocycles. The molecular formula is C19H26ClN3O3. The molecule has 0 bridgehead atoms. The first-order chi connectivity index (χ1) is 12.4. The Hall–Kier alpha value is -2.08. The number of alkyl halides is 1. The zero-order chi connectivity index (χ0) is 19.2. The number of likely N-dealkylation sites (tertiary alicyclic amines) is 1. The van der Waals surface area contributed by atoms with E-state index in [0.29, 0.717) is 31.6 Å². The number of benzene rings is 1. The number of amides is 3. The Morgan fingerprint density at radius 3 is 2.46 bits per heavy atom. The maximum absolute atomic E-state index is 12.6. The molecule has 1 aromatic rings. The topological polar surface area (TPSA) is 78.5 Å². The van der Waals surface area contributed by atoms with E-state index >= 15 is 0 Å². The highest BCUT2D eigenvalue weighted by Gasteiger charge is 2.40. The van der Waals surface area contributed by atoms with E-state index in [4.69, 9.17) is 11.6 Å². The molecule has 0 unspecified atom stereocenters. The third-order valence-electron chi connectivity index (χ3n) is 4.48. The number of hydrogen-bond donors (Lipinski definition) is 2. The van der Waals surface area contributed by atoms with Gasteiger partial charge in [-0.25, -0.2) is 0 Å². The minimum atomic E-state index is -0.686. The maximum atomic E-state index is 12.6. The molecule has 7 heteroatoms. The summed E-state index contributed by atoms with van der Waals surface area (Å²) in [7, 11) is 0. The van der Waals surface area contributed by atoms with Gasteiger partial charge in [0.15, 0.2) is 0 Å². The average Bonchev–Trinajstić information content (AvgIpc) is 3.14. The number of carbonyl (C=O) groups is 3. The second kappa shape index (κ2) is 9.03. The third kappa shape index (κ3) is 4.97. The van der Waals surface area contributed by atoms with E-state index < -0.39 is 11.5 Å². The van der Waals surface area contributed by atoms with Crippen LogP contribution in [0.2, 0.25) is 0 Å². The van der Waals surface area contributed by atoms with Gasteiger partial charge in [-0.3, -0.25) is 14.4 Å². The van der Waals surface area contributed by atoms with Gasteiger partial charge in [0.1, 0.15) is 6.04 Å². The molecular weight excluding hydrogens is 354 g/mol. The molecule has 1 saturated heterocycles. The standard InChI is InChI=1S/C19H26ClN3O3/c1-19(2,13-20)18(26)23-12-6-9-15(23)17(25)22-11-10-21-16(24)14-7-4-3-5-8-14/h3-5,7-8,15H,6,9-13H2,1-2H3,(H,21,24)(H,22,25)/t15-/m1/s1. The van der Waals surface area contributed by atoms with Crippen molar-refractivity contribution in [3.05, 3.63) is 35.9 Å². The lowest BCUT2D eigenvalue weighted by Crippen LogP contribution is -2.51. The Morgan fingerprint density at radius 2 is 1.81 bits per heavy atom. The summed E-state index contributed by atoms with van der Waals surface area (Å²) in [6.45, 7) is 4.79. The van der Waals surface area contributed by atoms with Crippen LogP contribution in [-0.4, -0.2) is 54.2 Å². The van der Waals surface area contributed by atoms with Gasteiger partial charge in [-0.15, -0.1) is 11.6 Å². The normalized spacial score (nSPS) is 17.0. The van der Waals surface area contributed by atoms with Crippen LogP contribution in [0.1, 0.15) is 37.0 Å². The predicted octanol–water partition coefficient (Wildman–Crippen LogP) is 1.79. The first-order valence-electron chi connectivity index (χ1n) is 8.85. The van der Waals surface area contributed by atoms with Gasteiger partial charge in [0.2, 0.25) is 11.8 Å². The quantitative estimate of drug-likeness (QED) is 0.560. The van der Waals surface area contributed by atoms with Crippen molar-refractivity contribution >= 4 is 29.3 Å². The zero-order valence-corrected chi connectivity index (χ0v) is 16.0. The summed E-state index contributed by atoms with van der Waals surface area (Å²) in [6, 6.07) is 8.44.